The summed E-state index contributed by atoms with van der Waals surface area (Å²) >= 11 is 3.03. The number of carboxylic acids is 2. The van der Waals surface area contributed by atoms with Crippen molar-refractivity contribution in [3.8, 4) is 0 Å². The van der Waals surface area contributed by atoms with Crippen molar-refractivity contribution >= 4 is 33.8 Å². The number of carbonyl (C=O) groups excluding carboxylic acids is 1. The monoisotopic (exact) mass is 2100 g/mol. The maximum Gasteiger partial charge on any atom is 0.364 e. The summed E-state index contributed by atoms with van der Waals surface area (Å²) in [6.07, 6.45) is -96.5. The fourth-order valence-corrected chi connectivity index (χ4v) is 18.0. The zero-order chi connectivity index (χ0) is 103. The van der Waals surface area contributed by atoms with Gasteiger partial charge in [-0.05, 0) is 6.92 Å². The Morgan fingerprint density at radius 2 is 0.734 bits per heavy atom. The van der Waals surface area contributed by atoms with Crippen LogP contribution in [0, 0.1) is 23.7 Å². The maximum absolute atomic E-state index is 12.8. The Balaban J connectivity index is 0.887. The smallest absolute Gasteiger partial charge is 0.364 e. The lowest BCUT2D eigenvalue weighted by Gasteiger charge is -2.49. The number of rotatable bonds is 44. The minimum absolute atomic E-state index is 0.159. The molecular formula is C79H136BrN3O56. The molecule has 10 saturated heterocycles. The average molecular weight is 2100 g/mol. The largest absolute Gasteiger partial charge is 0.477 e. The lowest BCUT2D eigenvalue weighted by molar-refractivity contribution is -0.386. The normalized spacial score (nSPS) is 47.1. The predicted octanol–water partition coefficient (Wildman–Crippen LogP) is -20.4. The number of aliphatic hydroxyl groups excluding tert-OH is 30. The Morgan fingerprint density at radius 3 is 1.12 bits per heavy atom. The van der Waals surface area contributed by atoms with Gasteiger partial charge in [0, 0.05) is 36.5 Å². The molecule has 10 rings (SSSR count). The number of nitrogens with one attached hydrogen (secondary N) is 1. The number of aliphatic hydroxyl groups is 30. The quantitative estimate of drug-likeness (QED) is 0.0199. The Morgan fingerprint density at radius 1 is 0.396 bits per heavy atom. The first kappa shape index (κ1) is 118. The fraction of sp³-hybridized carbons (Fsp3) is 0.962. The van der Waals surface area contributed by atoms with Crippen molar-refractivity contribution in [3.05, 3.63) is 0 Å². The SMILES string of the molecule is CC1C(O)[C@H](O[C@@H]2OC(CO[C@]3(C(=O)O)C[C@@H](O)[C@@H](N)C([C@H](O)C(O)CO)O3)[C@H](O)C(O)[C@@H]2O)[C@H](CO)O[C@H]1O[C@@H]1C(O)[C@H](O)C(CO)O[C@@H]1OCC(O[C@H](CO)O[C@@H]1C(CO)O[C@@H](O[C@@H]2C(CO)O[C@@H](NC(=O)CBr)[C@@H](C)C2O)[C@@H](C)C1O)[C@@H](O)[C@@H](C)O[C@H]1O[C@H](CO)[C@@H](O)C(O)C1O[C@@H]1OC(CO)[C@@H](O[C@@H]2OC(CO[C@]3(C(=O)O)C[C@@H](O)[C@@H](N)C([C@H](O)C(O)CO)O3)[C@H](O)C(O)[C@@H]2O)C(O)[C@@H]1C. The van der Waals surface area contributed by atoms with Crippen LogP contribution in [0.3, 0.4) is 0 Å². The Labute approximate surface area is 799 Å². The van der Waals surface area contributed by atoms with Gasteiger partial charge >= 0.3 is 11.9 Å². The number of aliphatic carboxylic acids is 2. The summed E-state index contributed by atoms with van der Waals surface area (Å²) < 4.78 is 125. The second-order valence-corrected chi connectivity index (χ2v) is 36.7. The van der Waals surface area contributed by atoms with Gasteiger partial charge < -0.3 is 280 Å². The Kier molecular flexibility index (Phi) is 43.4. The zero-order valence-corrected chi connectivity index (χ0v) is 77.0. The third-order valence-corrected chi connectivity index (χ3v) is 27.2. The van der Waals surface area contributed by atoms with Crippen LogP contribution in [0.2, 0.25) is 0 Å². The van der Waals surface area contributed by atoms with Crippen LogP contribution in [0.15, 0.2) is 0 Å². The van der Waals surface area contributed by atoms with E-state index in [0.29, 0.717) is 0 Å². The van der Waals surface area contributed by atoms with Gasteiger partial charge in [0.1, 0.15) is 202 Å². The predicted molar refractivity (Wildman–Crippen MR) is 440 cm³/mol. The number of hydrogen-bond donors (Lipinski definition) is 35. The van der Waals surface area contributed by atoms with Crippen molar-refractivity contribution in [1.29, 1.82) is 0 Å². The van der Waals surface area contributed by atoms with E-state index < -0.39 is 452 Å². The molecule has 1 amide bonds. The van der Waals surface area contributed by atoms with Gasteiger partial charge in [0.05, 0.1) is 139 Å². The van der Waals surface area contributed by atoms with Crippen molar-refractivity contribution in [3.63, 3.8) is 0 Å². The molecule has 10 fully saturated rings. The van der Waals surface area contributed by atoms with Crippen molar-refractivity contribution < 1.29 is 277 Å². The summed E-state index contributed by atoms with van der Waals surface area (Å²) in [5.74, 6) is -15.6. The number of carboxylic acid groups (broad SMARTS) is 2. The molecule has 0 spiro atoms. The molecule has 0 radical (unpaired) electrons. The van der Waals surface area contributed by atoms with Gasteiger partial charge in [-0.2, -0.15) is 0 Å². The third kappa shape index (κ3) is 26.1. The summed E-state index contributed by atoms with van der Waals surface area (Å²) in [4.78, 5) is 38.0. The third-order valence-electron chi connectivity index (χ3n) is 26.7. The highest BCUT2D eigenvalue weighted by molar-refractivity contribution is 9.09. The summed E-state index contributed by atoms with van der Waals surface area (Å²) in [6.45, 7) is -6.82. The molecule has 0 saturated carbocycles. The molecule has 810 valence electrons. The van der Waals surface area contributed by atoms with Crippen LogP contribution in [-0.4, -0.2) is 584 Å². The molecule has 60 heteroatoms. The molecule has 139 heavy (non-hydrogen) atoms. The molecule has 0 aliphatic carbocycles. The van der Waals surface area contributed by atoms with E-state index in [1.807, 2.05) is 0 Å². The lowest BCUT2D eigenvalue weighted by atomic mass is 9.89. The molecule has 10 heterocycles. The van der Waals surface area contributed by atoms with Crippen LogP contribution in [0.1, 0.15) is 47.5 Å². The standard InChI is InChI=1S/C79H136BrN3O56/c1-21-43(98)61(32(13-88)124-68(21)83-39(97)8-80)133-69-22(2)44(99)60(33(14-89)127-69)132-40(17-92)123-36(18-119-74-66(56(111)50(105)30(11-86)125-74)136-70-23(3)45(100)62(34(15-90)128-70)134-72-58(113)54(109)52(107)37(130-72)19-120-78(76(115)116)6-26(93)41(81)64(138-78)48(103)28(95)9-84)47(102)25(5)122-75-67(57(112)51(106)31(12-87)126-75)137-71-24(4)46(101)63(35(16-91)129-71)135-73-59(114)55(110)53(108)38(131-73)20-121-79(77(117)118)7-27(94)42(82)65(139-79)49(104)29(96)10-85/h21-38,40-75,84-96,98-114H,6-20,81-82H2,1-5H3,(H,83,97)(H,115,116)(H,117,118)/t21-,22-,23?,24-,25+,26+,27+,28?,29?,30?,31+,32?,33?,34-,35?,36?,37?,38?,40-,41+,42+,43?,44?,45?,46?,47-,48+,49+,50+,51+,52-,53-,54?,55?,56?,57?,58-,59-,60+,61+,62+,63+,64?,65?,66+,67?,68+,69-,70-,71-,72-,73-,74-,75-,78+,79+/m0/s1. The summed E-state index contributed by atoms with van der Waals surface area (Å²) in [6, 6.07) is -3.18. The van der Waals surface area contributed by atoms with Gasteiger partial charge in [0.2, 0.25) is 5.91 Å². The van der Waals surface area contributed by atoms with E-state index in [-0.39, 0.29) is 5.33 Å². The van der Waals surface area contributed by atoms with Crippen molar-refractivity contribution in [2.45, 2.75) is 366 Å². The number of carbonyl (C=O) groups is 3. The Hall–Kier alpha value is -3.23. The first-order chi connectivity index (χ1) is 65.6. The first-order valence-electron chi connectivity index (χ1n) is 44.9. The van der Waals surface area contributed by atoms with E-state index in [9.17, 15) is 178 Å². The zero-order valence-electron chi connectivity index (χ0n) is 75.4. The molecule has 0 bridgehead atoms. The Bertz CT molecular complexity index is 3730. The molecule has 21 unspecified atom stereocenters. The molecule has 0 aromatic carbocycles. The lowest BCUT2D eigenvalue weighted by Crippen LogP contribution is -2.67. The highest BCUT2D eigenvalue weighted by Crippen LogP contribution is 2.44. The highest BCUT2D eigenvalue weighted by atomic mass is 79.9. The van der Waals surface area contributed by atoms with Gasteiger partial charge in [-0.25, -0.2) is 9.59 Å². The summed E-state index contributed by atoms with van der Waals surface area (Å²) in [5.41, 5.74) is 11.9. The minimum atomic E-state index is -2.97. The van der Waals surface area contributed by atoms with Crippen LogP contribution < -0.4 is 16.8 Å². The summed E-state index contributed by atoms with van der Waals surface area (Å²) in [7, 11) is 0. The second kappa shape index (κ2) is 51.3. The number of halogens is 1. The maximum atomic E-state index is 12.8. The molecular weight excluding hydrogens is 1970 g/mol. The highest BCUT2D eigenvalue weighted by Gasteiger charge is 2.63. The van der Waals surface area contributed by atoms with Crippen LogP contribution in [-0.2, 0) is 114 Å². The molecule has 56 atom stereocenters. The number of nitrogens with two attached hydrogens (primary N) is 2. The van der Waals surface area contributed by atoms with Crippen molar-refractivity contribution in [2.24, 2.45) is 35.1 Å². The van der Waals surface area contributed by atoms with E-state index in [1.54, 1.807) is 0 Å². The van der Waals surface area contributed by atoms with E-state index in [2.05, 4.69) is 21.2 Å². The minimum Gasteiger partial charge on any atom is -0.477 e. The molecule has 10 aliphatic rings. The number of alkyl halides is 1. The van der Waals surface area contributed by atoms with Gasteiger partial charge in [0.25, 0.3) is 11.6 Å². The van der Waals surface area contributed by atoms with Gasteiger partial charge in [-0.1, -0.05) is 43.6 Å². The van der Waals surface area contributed by atoms with Gasteiger partial charge in [0.15, 0.2) is 50.3 Å². The van der Waals surface area contributed by atoms with Crippen LogP contribution in [0.4, 0.5) is 0 Å². The fourth-order valence-electron chi connectivity index (χ4n) is 17.8. The van der Waals surface area contributed by atoms with E-state index in [0.717, 1.165) is 6.92 Å². The summed E-state index contributed by atoms with van der Waals surface area (Å²) in [5, 5.41) is 356. The van der Waals surface area contributed by atoms with E-state index >= 15 is 0 Å². The number of ether oxygens (including phenoxy) is 21. The average Bonchev–Trinajstić information content (AvgIpc) is 0.782. The first-order valence-corrected chi connectivity index (χ1v) is 46.0. The van der Waals surface area contributed by atoms with Crippen molar-refractivity contribution in [1.82, 2.24) is 5.32 Å². The van der Waals surface area contributed by atoms with Crippen LogP contribution in [0.5, 0.6) is 0 Å². The molecule has 59 nitrogen and oxygen atoms in total. The molecule has 0 aromatic rings. The number of amides is 1. The van der Waals surface area contributed by atoms with E-state index in [4.69, 9.17) is 111 Å². The van der Waals surface area contributed by atoms with Gasteiger partial charge in [-0.3, -0.25) is 4.79 Å². The van der Waals surface area contributed by atoms with Gasteiger partial charge in [-0.15, -0.1) is 0 Å². The molecule has 10 aliphatic heterocycles. The molecule has 37 N–H and O–H groups in total. The number of hydrogen-bond acceptors (Lipinski definition) is 56. The van der Waals surface area contributed by atoms with Crippen molar-refractivity contribution in [2.75, 3.05) is 84.6 Å². The second-order valence-electron chi connectivity index (χ2n) is 36.1. The van der Waals surface area contributed by atoms with Crippen LogP contribution in [0.25, 0.3) is 0 Å². The van der Waals surface area contributed by atoms with Crippen LogP contribution >= 0.6 is 15.9 Å². The van der Waals surface area contributed by atoms with E-state index in [1.165, 1.54) is 27.7 Å². The topological polar surface area (TPSA) is 956 Å². The molecule has 0 aromatic heterocycles.